The number of nitrogens with zero attached hydrogens (tertiary/aromatic N) is 2. The third kappa shape index (κ3) is 5.77. The van der Waals surface area contributed by atoms with Crippen LogP contribution in [0.2, 0.25) is 0 Å². The molecule has 2 rings (SSSR count). The molecule has 0 saturated heterocycles. The average Bonchev–Trinajstić information content (AvgIpc) is 2.63. The van der Waals surface area contributed by atoms with Gasteiger partial charge < -0.3 is 18.9 Å². The summed E-state index contributed by atoms with van der Waals surface area (Å²) in [5.41, 5.74) is -0.502. The van der Waals surface area contributed by atoms with Gasteiger partial charge in [0.1, 0.15) is 6.61 Å². The summed E-state index contributed by atoms with van der Waals surface area (Å²) in [4.78, 5) is 29.2. The molecule has 1 aromatic heterocycles. The van der Waals surface area contributed by atoms with E-state index < -0.39 is 11.4 Å². The lowest BCUT2D eigenvalue weighted by molar-refractivity contribution is -0.157. The van der Waals surface area contributed by atoms with Gasteiger partial charge >= 0.3 is 12.0 Å². The van der Waals surface area contributed by atoms with E-state index in [4.69, 9.17) is 18.9 Å². The van der Waals surface area contributed by atoms with E-state index in [2.05, 4.69) is 4.98 Å². The summed E-state index contributed by atoms with van der Waals surface area (Å²) in [6.45, 7) is 6.40. The van der Waals surface area contributed by atoms with Crippen LogP contribution in [0.3, 0.4) is 0 Å². The monoisotopic (exact) mass is 378 g/mol. The predicted molar refractivity (Wildman–Crippen MR) is 99.7 cm³/mol. The van der Waals surface area contributed by atoms with Gasteiger partial charge in [0.25, 0.3) is 5.56 Å². The summed E-state index contributed by atoms with van der Waals surface area (Å²) in [7, 11) is 1.59. The summed E-state index contributed by atoms with van der Waals surface area (Å²) < 4.78 is 22.4. The van der Waals surface area contributed by atoms with E-state index in [1.165, 1.54) is 4.57 Å². The molecule has 0 radical (unpaired) electrons. The van der Waals surface area contributed by atoms with Crippen molar-refractivity contribution in [3.63, 3.8) is 0 Å². The maximum Gasteiger partial charge on any atom is 0.312 e. The molecule has 148 valence electrons. The first-order chi connectivity index (χ1) is 12.8. The Labute approximate surface area is 158 Å². The third-order valence-corrected chi connectivity index (χ3v) is 3.65. The topological polar surface area (TPSA) is 88.9 Å². The Morgan fingerprint density at radius 3 is 2.52 bits per heavy atom. The van der Waals surface area contributed by atoms with E-state index in [9.17, 15) is 9.59 Å². The van der Waals surface area contributed by atoms with Gasteiger partial charge in [-0.2, -0.15) is 4.98 Å². The number of carbonyl (C=O) groups excluding carboxylic acids is 1. The molecule has 0 bridgehead atoms. The van der Waals surface area contributed by atoms with Crippen molar-refractivity contribution in [1.29, 1.82) is 0 Å². The molecule has 27 heavy (non-hydrogen) atoms. The summed E-state index contributed by atoms with van der Waals surface area (Å²) in [5, 5.41) is 0.424. The molecule has 0 aliphatic heterocycles. The van der Waals surface area contributed by atoms with Crippen LogP contribution in [0.15, 0.2) is 29.1 Å². The Bertz CT molecular complexity index is 825. The second-order valence-electron chi connectivity index (χ2n) is 6.91. The lowest BCUT2D eigenvalue weighted by Gasteiger charge is -2.18. The molecule has 2 aromatic rings. The van der Waals surface area contributed by atoms with E-state index in [-0.39, 0.29) is 24.9 Å². The Morgan fingerprint density at radius 1 is 1.11 bits per heavy atom. The molecule has 0 amide bonds. The molecular formula is C19H26N2O6. The van der Waals surface area contributed by atoms with Crippen molar-refractivity contribution in [2.45, 2.75) is 27.5 Å². The van der Waals surface area contributed by atoms with E-state index in [1.54, 1.807) is 52.1 Å². The minimum Gasteiger partial charge on any atom is -0.462 e. The second kappa shape index (κ2) is 9.48. The lowest BCUT2D eigenvalue weighted by Crippen LogP contribution is -2.30. The van der Waals surface area contributed by atoms with Crippen LogP contribution in [0, 0.1) is 5.41 Å². The number of aromatic nitrogens is 2. The zero-order chi connectivity index (χ0) is 19.9. The number of ether oxygens (including phenoxy) is 4. The number of benzene rings is 1. The van der Waals surface area contributed by atoms with Crippen LogP contribution in [0.1, 0.15) is 20.8 Å². The van der Waals surface area contributed by atoms with Crippen LogP contribution in [-0.4, -0.2) is 49.1 Å². The number of hydrogen-bond donors (Lipinski definition) is 0. The first kappa shape index (κ1) is 20.9. The number of para-hydroxylation sites is 1. The fraction of sp³-hybridized carbons (Fsp3) is 0.526. The number of carbonyl (C=O) groups is 1. The lowest BCUT2D eigenvalue weighted by atomic mass is 9.98. The van der Waals surface area contributed by atoms with Crippen LogP contribution in [0.4, 0.5) is 0 Å². The summed E-state index contributed by atoms with van der Waals surface area (Å²) in [6.07, 6.45) is 0. The van der Waals surface area contributed by atoms with Crippen LogP contribution >= 0.6 is 0 Å². The van der Waals surface area contributed by atoms with Crippen molar-refractivity contribution in [3.8, 4) is 6.01 Å². The van der Waals surface area contributed by atoms with Gasteiger partial charge in [-0.3, -0.25) is 9.59 Å². The Balaban J connectivity index is 2.19. The van der Waals surface area contributed by atoms with Gasteiger partial charge in [0.2, 0.25) is 0 Å². The highest BCUT2D eigenvalue weighted by atomic mass is 16.6. The molecule has 0 unspecified atom stereocenters. The quantitative estimate of drug-likeness (QED) is 0.487. The van der Waals surface area contributed by atoms with Gasteiger partial charge in [-0.05, 0) is 32.9 Å². The van der Waals surface area contributed by atoms with E-state index in [0.29, 0.717) is 30.7 Å². The average molecular weight is 378 g/mol. The van der Waals surface area contributed by atoms with Crippen LogP contribution in [-0.2, 0) is 25.7 Å². The minimum absolute atomic E-state index is 0.0794. The molecule has 0 aliphatic carbocycles. The van der Waals surface area contributed by atoms with Crippen LogP contribution < -0.4 is 10.3 Å². The number of hydrogen-bond acceptors (Lipinski definition) is 7. The SMILES string of the molecule is COCCOCCOc1nc2ccccc2c(=O)n1COC(=O)C(C)(C)C. The van der Waals surface area contributed by atoms with Crippen molar-refractivity contribution in [1.82, 2.24) is 9.55 Å². The molecule has 0 aliphatic rings. The summed E-state index contributed by atoms with van der Waals surface area (Å²) >= 11 is 0. The van der Waals surface area contributed by atoms with E-state index in [1.807, 2.05) is 0 Å². The Morgan fingerprint density at radius 2 is 1.81 bits per heavy atom. The Hall–Kier alpha value is -2.45. The Kier molecular flexibility index (Phi) is 7.32. The van der Waals surface area contributed by atoms with Crippen molar-refractivity contribution in [3.05, 3.63) is 34.6 Å². The summed E-state index contributed by atoms with van der Waals surface area (Å²) in [6, 6.07) is 7.02. The largest absolute Gasteiger partial charge is 0.462 e. The molecule has 0 atom stereocenters. The normalized spacial score (nSPS) is 11.6. The van der Waals surface area contributed by atoms with E-state index >= 15 is 0 Å². The van der Waals surface area contributed by atoms with Crippen LogP contribution in [0.25, 0.3) is 10.9 Å². The molecule has 0 fully saturated rings. The third-order valence-electron chi connectivity index (χ3n) is 3.65. The second-order valence-corrected chi connectivity index (χ2v) is 6.91. The fourth-order valence-electron chi connectivity index (χ4n) is 2.15. The molecule has 0 spiro atoms. The minimum atomic E-state index is -0.676. The van der Waals surface area contributed by atoms with Gasteiger partial charge in [-0.15, -0.1) is 0 Å². The van der Waals surface area contributed by atoms with Crippen molar-refractivity contribution < 1.29 is 23.7 Å². The van der Waals surface area contributed by atoms with Crippen LogP contribution in [0.5, 0.6) is 6.01 Å². The number of methoxy groups -OCH3 is 1. The van der Waals surface area contributed by atoms with Crippen molar-refractivity contribution in [2.75, 3.05) is 33.5 Å². The highest BCUT2D eigenvalue weighted by molar-refractivity contribution is 5.78. The standard InChI is InChI=1S/C19H26N2O6/c1-19(2,3)17(23)27-13-21-16(22)14-7-5-6-8-15(14)20-18(21)26-12-11-25-10-9-24-4/h5-8H,9-13H2,1-4H3. The van der Waals surface area contributed by atoms with E-state index in [0.717, 1.165) is 0 Å². The zero-order valence-corrected chi connectivity index (χ0v) is 16.2. The first-order valence-electron chi connectivity index (χ1n) is 8.71. The summed E-state index contributed by atoms with van der Waals surface area (Å²) in [5.74, 6) is -0.420. The first-order valence-corrected chi connectivity index (χ1v) is 8.71. The number of esters is 1. The molecule has 8 nitrogen and oxygen atoms in total. The predicted octanol–water partition coefficient (Wildman–Crippen LogP) is 1.99. The molecule has 0 saturated carbocycles. The highest BCUT2D eigenvalue weighted by Gasteiger charge is 2.24. The van der Waals surface area contributed by atoms with Gasteiger partial charge in [-0.1, -0.05) is 12.1 Å². The molecule has 0 N–H and O–H groups in total. The van der Waals surface area contributed by atoms with Crippen molar-refractivity contribution >= 4 is 16.9 Å². The van der Waals surface area contributed by atoms with Gasteiger partial charge in [0, 0.05) is 7.11 Å². The van der Waals surface area contributed by atoms with Gasteiger partial charge in [-0.25, -0.2) is 4.57 Å². The molecule has 8 heteroatoms. The smallest absolute Gasteiger partial charge is 0.312 e. The highest BCUT2D eigenvalue weighted by Crippen LogP contribution is 2.17. The fourth-order valence-corrected chi connectivity index (χ4v) is 2.15. The maximum atomic E-state index is 12.8. The zero-order valence-electron chi connectivity index (χ0n) is 16.2. The number of rotatable bonds is 9. The van der Waals surface area contributed by atoms with Crippen molar-refractivity contribution in [2.24, 2.45) is 5.41 Å². The van der Waals surface area contributed by atoms with Gasteiger partial charge in [0.15, 0.2) is 6.73 Å². The maximum absolute atomic E-state index is 12.8. The van der Waals surface area contributed by atoms with Gasteiger partial charge in [0.05, 0.1) is 36.1 Å². The molecule has 1 aromatic carbocycles. The number of fused-ring (bicyclic) bond motifs is 1. The molecular weight excluding hydrogens is 352 g/mol. The molecule has 1 heterocycles.